The molecule has 0 bridgehead atoms. The van der Waals surface area contributed by atoms with E-state index in [1.54, 1.807) is 0 Å². The summed E-state index contributed by atoms with van der Waals surface area (Å²) in [6, 6.07) is 1.08. The average molecular weight is 321 g/mol. The molecule has 1 saturated heterocycles. The Labute approximate surface area is 129 Å². The average Bonchev–Trinajstić information content (AvgIpc) is 2.50. The van der Waals surface area contributed by atoms with Crippen molar-refractivity contribution in [2.45, 2.75) is 0 Å². The van der Waals surface area contributed by atoms with E-state index in [4.69, 9.17) is 4.74 Å². The largest absolute Gasteiger partial charge is 0.504 e. The number of barbiturate groups is 1. The molecule has 1 aliphatic heterocycles. The summed E-state index contributed by atoms with van der Waals surface area (Å²) in [5.41, 5.74) is -1.03. The highest BCUT2D eigenvalue weighted by Gasteiger charge is 2.33. The first-order chi connectivity index (χ1) is 10.8. The molecule has 0 atom stereocenters. The number of benzene rings is 1. The molecule has 1 aromatic carbocycles. The topological polar surface area (TPSA) is 139 Å². The number of likely N-dealkylation sites (N-methyl/N-ethyl adjacent to an activating group) is 1. The van der Waals surface area contributed by atoms with Crippen LogP contribution in [0.5, 0.6) is 11.5 Å². The number of ether oxygens (including phenoxy) is 1. The van der Waals surface area contributed by atoms with Gasteiger partial charge in [0.15, 0.2) is 11.5 Å². The molecule has 0 aliphatic carbocycles. The standard InChI is InChI=1S/C13H11N3O7/c1-15-12(19)8(11(18)14-13(15)20)4-6-3-7(16(21)22)5-9(23-2)10(6)17/h3-5,17H,1-2H3,(H,14,18,20)/b8-4+. The summed E-state index contributed by atoms with van der Waals surface area (Å²) in [5.74, 6) is -2.54. The normalized spacial score (nSPS) is 16.5. The second-order valence-electron chi connectivity index (χ2n) is 4.52. The Balaban J connectivity index is 2.59. The van der Waals surface area contributed by atoms with Gasteiger partial charge in [-0.3, -0.25) is 29.9 Å². The third-order valence-electron chi connectivity index (χ3n) is 3.12. The van der Waals surface area contributed by atoms with Crippen molar-refractivity contribution in [3.63, 3.8) is 0 Å². The van der Waals surface area contributed by atoms with Crippen molar-refractivity contribution in [1.82, 2.24) is 10.2 Å². The number of carbonyl (C=O) groups excluding carboxylic acids is 3. The first kappa shape index (κ1) is 15.9. The van der Waals surface area contributed by atoms with Gasteiger partial charge in [-0.1, -0.05) is 0 Å². The lowest BCUT2D eigenvalue weighted by atomic mass is 10.1. The molecule has 23 heavy (non-hydrogen) atoms. The van der Waals surface area contributed by atoms with E-state index in [2.05, 4.69) is 0 Å². The van der Waals surface area contributed by atoms with Crippen LogP contribution < -0.4 is 10.1 Å². The highest BCUT2D eigenvalue weighted by atomic mass is 16.6. The number of methoxy groups -OCH3 is 1. The van der Waals surface area contributed by atoms with E-state index in [0.717, 1.165) is 25.3 Å². The number of carbonyl (C=O) groups is 3. The monoisotopic (exact) mass is 321 g/mol. The summed E-state index contributed by atoms with van der Waals surface area (Å²) in [4.78, 5) is 45.9. The number of hydrogen-bond donors (Lipinski definition) is 2. The van der Waals surface area contributed by atoms with E-state index in [1.165, 1.54) is 7.11 Å². The maximum absolute atomic E-state index is 12.0. The Bertz CT molecular complexity index is 769. The van der Waals surface area contributed by atoms with Crippen molar-refractivity contribution in [3.8, 4) is 11.5 Å². The number of nitrogens with zero attached hydrogens (tertiary/aromatic N) is 2. The fourth-order valence-corrected chi connectivity index (χ4v) is 1.89. The lowest BCUT2D eigenvalue weighted by molar-refractivity contribution is -0.385. The Hall–Kier alpha value is -3.43. The number of imide groups is 2. The van der Waals surface area contributed by atoms with Gasteiger partial charge >= 0.3 is 6.03 Å². The maximum atomic E-state index is 12.0. The zero-order chi connectivity index (χ0) is 17.3. The molecule has 10 nitrogen and oxygen atoms in total. The van der Waals surface area contributed by atoms with Crippen molar-refractivity contribution in [2.75, 3.05) is 14.2 Å². The van der Waals surface area contributed by atoms with Gasteiger partial charge in [0.25, 0.3) is 17.5 Å². The molecule has 2 N–H and O–H groups in total. The number of rotatable bonds is 3. The van der Waals surface area contributed by atoms with E-state index >= 15 is 0 Å². The SMILES string of the molecule is COc1cc([N+](=O)[O-])cc(/C=C2\C(=O)NC(=O)N(C)C2=O)c1O. The van der Waals surface area contributed by atoms with E-state index < -0.39 is 39.8 Å². The van der Waals surface area contributed by atoms with Crippen LogP contribution in [0.3, 0.4) is 0 Å². The number of nitro benzene ring substituents is 1. The van der Waals surface area contributed by atoms with Crippen molar-refractivity contribution in [3.05, 3.63) is 33.4 Å². The van der Waals surface area contributed by atoms with Gasteiger partial charge < -0.3 is 9.84 Å². The summed E-state index contributed by atoms with van der Waals surface area (Å²) >= 11 is 0. The molecule has 1 heterocycles. The third-order valence-corrected chi connectivity index (χ3v) is 3.12. The molecule has 2 rings (SSSR count). The fourth-order valence-electron chi connectivity index (χ4n) is 1.89. The lowest BCUT2D eigenvalue weighted by Crippen LogP contribution is -2.52. The number of nitro groups is 1. The number of phenolic OH excluding ortho intramolecular Hbond substituents is 1. The summed E-state index contributed by atoms with van der Waals surface area (Å²) in [7, 11) is 2.35. The molecule has 4 amide bonds. The molecular formula is C13H11N3O7. The maximum Gasteiger partial charge on any atom is 0.331 e. The molecule has 1 aliphatic rings. The Morgan fingerprint density at radius 3 is 2.57 bits per heavy atom. The predicted octanol–water partition coefficient (Wildman–Crippen LogP) is 0.401. The zero-order valence-corrected chi connectivity index (χ0v) is 12.0. The summed E-state index contributed by atoms with van der Waals surface area (Å²) < 4.78 is 4.82. The summed E-state index contributed by atoms with van der Waals surface area (Å²) in [6.07, 6.45) is 0.950. The molecule has 0 unspecified atom stereocenters. The Morgan fingerprint density at radius 2 is 2.00 bits per heavy atom. The van der Waals surface area contributed by atoms with Crippen molar-refractivity contribution >= 4 is 29.6 Å². The zero-order valence-electron chi connectivity index (χ0n) is 12.0. The number of aromatic hydroxyl groups is 1. The van der Waals surface area contributed by atoms with E-state index in [1.807, 2.05) is 5.32 Å². The molecule has 0 saturated carbocycles. The predicted molar refractivity (Wildman–Crippen MR) is 75.6 cm³/mol. The van der Waals surface area contributed by atoms with Crippen molar-refractivity contribution < 1.29 is 29.2 Å². The number of phenols is 1. The number of nitrogens with one attached hydrogen (secondary N) is 1. The number of hydrogen-bond acceptors (Lipinski definition) is 7. The van der Waals surface area contributed by atoms with Gasteiger partial charge in [0.2, 0.25) is 0 Å². The van der Waals surface area contributed by atoms with Crippen LogP contribution in [0.4, 0.5) is 10.5 Å². The molecule has 120 valence electrons. The molecule has 0 spiro atoms. The quantitative estimate of drug-likeness (QED) is 0.355. The minimum atomic E-state index is -0.969. The smallest absolute Gasteiger partial charge is 0.331 e. The van der Waals surface area contributed by atoms with Crippen LogP contribution in [0, 0.1) is 10.1 Å². The molecule has 0 radical (unpaired) electrons. The van der Waals surface area contributed by atoms with E-state index in [0.29, 0.717) is 4.90 Å². The van der Waals surface area contributed by atoms with Gasteiger partial charge in [0.05, 0.1) is 18.1 Å². The second kappa shape index (κ2) is 5.75. The number of urea groups is 1. The Morgan fingerprint density at radius 1 is 1.35 bits per heavy atom. The first-order valence-corrected chi connectivity index (χ1v) is 6.16. The van der Waals surface area contributed by atoms with Crippen LogP contribution in [0.1, 0.15) is 5.56 Å². The highest BCUT2D eigenvalue weighted by molar-refractivity contribution is 6.30. The summed E-state index contributed by atoms with van der Waals surface area (Å²) in [6.45, 7) is 0. The van der Waals surface area contributed by atoms with Gasteiger partial charge in [0, 0.05) is 18.7 Å². The fraction of sp³-hybridized carbons (Fsp3) is 0.154. The van der Waals surface area contributed by atoms with Gasteiger partial charge in [-0.25, -0.2) is 4.79 Å². The van der Waals surface area contributed by atoms with Crippen LogP contribution >= 0.6 is 0 Å². The van der Waals surface area contributed by atoms with Crippen molar-refractivity contribution in [1.29, 1.82) is 0 Å². The van der Waals surface area contributed by atoms with E-state index in [9.17, 15) is 29.6 Å². The minimum absolute atomic E-state index is 0.169. The van der Waals surface area contributed by atoms with Crippen LogP contribution in [-0.4, -0.2) is 46.9 Å². The number of amides is 4. The third kappa shape index (κ3) is 2.81. The van der Waals surface area contributed by atoms with E-state index in [-0.39, 0.29) is 11.3 Å². The molecular weight excluding hydrogens is 310 g/mol. The van der Waals surface area contributed by atoms with Gasteiger partial charge in [-0.2, -0.15) is 0 Å². The minimum Gasteiger partial charge on any atom is -0.504 e. The highest BCUT2D eigenvalue weighted by Crippen LogP contribution is 2.36. The van der Waals surface area contributed by atoms with Crippen LogP contribution in [0.15, 0.2) is 17.7 Å². The van der Waals surface area contributed by atoms with Gasteiger partial charge in [-0.05, 0) is 6.08 Å². The van der Waals surface area contributed by atoms with Crippen LogP contribution in [0.25, 0.3) is 6.08 Å². The Kier molecular flexibility index (Phi) is 3.99. The number of non-ortho nitro benzene ring substituents is 1. The second-order valence-corrected chi connectivity index (χ2v) is 4.52. The van der Waals surface area contributed by atoms with Crippen molar-refractivity contribution in [2.24, 2.45) is 0 Å². The lowest BCUT2D eigenvalue weighted by Gasteiger charge is -2.22. The summed E-state index contributed by atoms with van der Waals surface area (Å²) in [5, 5.41) is 22.8. The first-order valence-electron chi connectivity index (χ1n) is 6.16. The van der Waals surface area contributed by atoms with Gasteiger partial charge in [0.1, 0.15) is 5.57 Å². The molecule has 1 fully saturated rings. The molecule has 10 heteroatoms. The molecule has 1 aromatic rings. The van der Waals surface area contributed by atoms with Crippen LogP contribution in [0.2, 0.25) is 0 Å². The molecule has 0 aromatic heterocycles. The van der Waals surface area contributed by atoms with Gasteiger partial charge in [-0.15, -0.1) is 0 Å². The van der Waals surface area contributed by atoms with Crippen LogP contribution in [-0.2, 0) is 9.59 Å².